The van der Waals surface area contributed by atoms with Crippen molar-refractivity contribution in [3.8, 4) is 0 Å². The fourth-order valence-corrected chi connectivity index (χ4v) is 1.45. The van der Waals surface area contributed by atoms with E-state index in [-0.39, 0.29) is 6.04 Å². The lowest BCUT2D eigenvalue weighted by atomic mass is 10.3. The average molecular weight is 219 g/mol. The minimum absolute atomic E-state index is 0.265. The Labute approximate surface area is 88.5 Å². The van der Waals surface area contributed by atoms with Gasteiger partial charge >= 0.3 is 0 Å². The smallest absolute Gasteiger partial charge is 0.0822 e. The molecule has 1 unspecified atom stereocenters. The van der Waals surface area contributed by atoms with E-state index in [1.165, 1.54) is 0 Å². The maximum absolute atomic E-state index is 5.97. The quantitative estimate of drug-likeness (QED) is 0.726. The highest BCUT2D eigenvalue weighted by Crippen LogP contribution is 2.24. The molecule has 1 atom stereocenters. The van der Waals surface area contributed by atoms with E-state index in [0.29, 0.717) is 10.9 Å². The van der Waals surface area contributed by atoms with Crippen molar-refractivity contribution in [1.29, 1.82) is 0 Å². The van der Waals surface area contributed by atoms with E-state index in [1.807, 2.05) is 24.9 Å². The van der Waals surface area contributed by atoms with Gasteiger partial charge in [-0.25, -0.2) is 0 Å². The van der Waals surface area contributed by atoms with Crippen LogP contribution in [0.5, 0.6) is 0 Å². The molecule has 1 aromatic heterocycles. The molecule has 0 aliphatic heterocycles. The summed E-state index contributed by atoms with van der Waals surface area (Å²) >= 11 is 11.7. The van der Waals surface area contributed by atoms with Crippen LogP contribution in [0, 0.1) is 0 Å². The predicted molar refractivity (Wildman–Crippen MR) is 57.8 cm³/mol. The van der Waals surface area contributed by atoms with Crippen LogP contribution in [0.15, 0.2) is 18.5 Å². The van der Waals surface area contributed by atoms with Crippen LogP contribution in [-0.4, -0.2) is 24.0 Å². The summed E-state index contributed by atoms with van der Waals surface area (Å²) in [5, 5.41) is 0.655. The van der Waals surface area contributed by atoms with E-state index in [2.05, 4.69) is 4.98 Å². The van der Waals surface area contributed by atoms with Gasteiger partial charge in [-0.15, -0.1) is 11.6 Å². The van der Waals surface area contributed by atoms with Crippen LogP contribution >= 0.6 is 23.2 Å². The van der Waals surface area contributed by atoms with Crippen LogP contribution in [0.3, 0.4) is 0 Å². The fraction of sp³-hybridized carbons (Fsp3) is 0.444. The summed E-state index contributed by atoms with van der Waals surface area (Å²) in [6, 6.07) is 2.15. The molecule has 13 heavy (non-hydrogen) atoms. The van der Waals surface area contributed by atoms with E-state index in [4.69, 9.17) is 23.2 Å². The Morgan fingerprint density at radius 1 is 1.62 bits per heavy atom. The van der Waals surface area contributed by atoms with Crippen molar-refractivity contribution in [2.75, 3.05) is 17.8 Å². The van der Waals surface area contributed by atoms with Crippen LogP contribution in [0.4, 0.5) is 5.69 Å². The van der Waals surface area contributed by atoms with Gasteiger partial charge in [-0.05, 0) is 13.0 Å². The summed E-state index contributed by atoms with van der Waals surface area (Å²) < 4.78 is 0. The number of aromatic nitrogens is 1. The minimum Gasteiger partial charge on any atom is -0.369 e. The van der Waals surface area contributed by atoms with Gasteiger partial charge in [-0.2, -0.15) is 0 Å². The molecule has 0 saturated carbocycles. The molecule has 1 rings (SSSR count). The number of pyridine rings is 1. The second-order valence-electron chi connectivity index (χ2n) is 2.94. The van der Waals surface area contributed by atoms with E-state index >= 15 is 0 Å². The predicted octanol–water partition coefficient (Wildman–Crippen LogP) is 2.80. The largest absolute Gasteiger partial charge is 0.369 e. The lowest BCUT2D eigenvalue weighted by molar-refractivity contribution is 0.760. The van der Waals surface area contributed by atoms with Gasteiger partial charge < -0.3 is 4.90 Å². The monoisotopic (exact) mass is 218 g/mol. The van der Waals surface area contributed by atoms with Crippen molar-refractivity contribution in [3.05, 3.63) is 23.5 Å². The SMILES string of the molecule is CC(CCl)N(C)c1ccncc1Cl. The van der Waals surface area contributed by atoms with Crippen molar-refractivity contribution in [1.82, 2.24) is 4.98 Å². The van der Waals surface area contributed by atoms with Crippen LogP contribution in [0.25, 0.3) is 0 Å². The van der Waals surface area contributed by atoms with Gasteiger partial charge in [0.15, 0.2) is 0 Å². The molecular weight excluding hydrogens is 207 g/mol. The number of anilines is 1. The Kier molecular flexibility index (Phi) is 3.82. The molecule has 0 fully saturated rings. The normalized spacial score (nSPS) is 12.6. The van der Waals surface area contributed by atoms with Gasteiger partial charge in [-0.1, -0.05) is 11.6 Å². The zero-order valence-corrected chi connectivity index (χ0v) is 9.18. The van der Waals surface area contributed by atoms with Crippen LogP contribution < -0.4 is 4.90 Å². The van der Waals surface area contributed by atoms with Crippen LogP contribution in [0.1, 0.15) is 6.92 Å². The molecular formula is C9H12Cl2N2. The fourth-order valence-electron chi connectivity index (χ4n) is 0.995. The molecule has 0 aromatic carbocycles. The van der Waals surface area contributed by atoms with Gasteiger partial charge in [-0.3, -0.25) is 4.98 Å². The molecule has 1 heterocycles. The minimum atomic E-state index is 0.265. The first-order valence-electron chi connectivity index (χ1n) is 4.05. The zero-order chi connectivity index (χ0) is 9.84. The van der Waals surface area contributed by atoms with Crippen LogP contribution in [0.2, 0.25) is 5.02 Å². The number of hydrogen-bond acceptors (Lipinski definition) is 2. The first kappa shape index (κ1) is 10.6. The first-order chi connectivity index (χ1) is 6.16. The maximum atomic E-state index is 5.97. The standard InChI is InChI=1S/C9H12Cl2N2/c1-7(5-10)13(2)9-3-4-12-6-8(9)11/h3-4,6-7H,5H2,1-2H3. The van der Waals surface area contributed by atoms with E-state index in [1.54, 1.807) is 12.4 Å². The number of halogens is 2. The highest BCUT2D eigenvalue weighted by molar-refractivity contribution is 6.33. The Bertz CT molecular complexity index is 278. The van der Waals surface area contributed by atoms with Gasteiger partial charge in [0.2, 0.25) is 0 Å². The number of alkyl halides is 1. The van der Waals surface area contributed by atoms with E-state index in [9.17, 15) is 0 Å². The summed E-state index contributed by atoms with van der Waals surface area (Å²) in [6.45, 7) is 2.05. The number of rotatable bonds is 3. The summed E-state index contributed by atoms with van der Waals surface area (Å²) in [5.41, 5.74) is 0.963. The Hall–Kier alpha value is -0.470. The third-order valence-electron chi connectivity index (χ3n) is 2.02. The van der Waals surface area contributed by atoms with Crippen molar-refractivity contribution in [3.63, 3.8) is 0 Å². The summed E-state index contributed by atoms with van der Waals surface area (Å²) in [7, 11) is 1.97. The molecule has 0 aliphatic carbocycles. The van der Waals surface area contributed by atoms with Crippen molar-refractivity contribution >= 4 is 28.9 Å². The van der Waals surface area contributed by atoms with Gasteiger partial charge in [0.05, 0.1) is 10.7 Å². The molecule has 0 aliphatic rings. The number of hydrogen-bond donors (Lipinski definition) is 0. The second-order valence-corrected chi connectivity index (χ2v) is 3.66. The first-order valence-corrected chi connectivity index (χ1v) is 4.96. The van der Waals surface area contributed by atoms with E-state index < -0.39 is 0 Å². The second kappa shape index (κ2) is 4.68. The van der Waals surface area contributed by atoms with Crippen molar-refractivity contribution in [2.45, 2.75) is 13.0 Å². The molecule has 0 bridgehead atoms. The maximum Gasteiger partial charge on any atom is 0.0822 e. The van der Waals surface area contributed by atoms with Gasteiger partial charge in [0.25, 0.3) is 0 Å². The molecule has 0 saturated heterocycles. The third-order valence-corrected chi connectivity index (χ3v) is 2.75. The molecule has 0 radical (unpaired) electrons. The summed E-state index contributed by atoms with van der Waals surface area (Å²) in [5.74, 6) is 0.579. The summed E-state index contributed by atoms with van der Waals surface area (Å²) in [6.07, 6.45) is 3.35. The van der Waals surface area contributed by atoms with Crippen LogP contribution in [-0.2, 0) is 0 Å². The topological polar surface area (TPSA) is 16.1 Å². The molecule has 2 nitrogen and oxygen atoms in total. The molecule has 4 heteroatoms. The highest BCUT2D eigenvalue weighted by Gasteiger charge is 2.11. The lowest BCUT2D eigenvalue weighted by Crippen LogP contribution is -2.30. The zero-order valence-electron chi connectivity index (χ0n) is 7.67. The summed E-state index contributed by atoms with van der Waals surface area (Å²) in [4.78, 5) is 5.96. The Balaban J connectivity index is 2.88. The van der Waals surface area contributed by atoms with Gasteiger partial charge in [0, 0.05) is 31.4 Å². The Morgan fingerprint density at radius 2 is 2.31 bits per heavy atom. The number of nitrogens with zero attached hydrogens (tertiary/aromatic N) is 2. The molecule has 0 amide bonds. The lowest BCUT2D eigenvalue weighted by Gasteiger charge is -2.25. The molecule has 72 valence electrons. The molecule has 0 N–H and O–H groups in total. The highest BCUT2D eigenvalue weighted by atomic mass is 35.5. The van der Waals surface area contributed by atoms with Crippen molar-refractivity contribution < 1.29 is 0 Å². The molecule has 0 spiro atoms. The average Bonchev–Trinajstić information content (AvgIpc) is 2.16. The molecule has 1 aromatic rings. The third kappa shape index (κ3) is 2.48. The Morgan fingerprint density at radius 3 is 2.85 bits per heavy atom. The van der Waals surface area contributed by atoms with Crippen molar-refractivity contribution in [2.24, 2.45) is 0 Å². The van der Waals surface area contributed by atoms with E-state index in [0.717, 1.165) is 5.69 Å². The van der Waals surface area contributed by atoms with Gasteiger partial charge in [0.1, 0.15) is 0 Å².